The van der Waals surface area contributed by atoms with Crippen molar-refractivity contribution in [1.82, 2.24) is 0 Å². The first kappa shape index (κ1) is 21.0. The third-order valence-corrected chi connectivity index (χ3v) is 3.01. The zero-order chi connectivity index (χ0) is 17.7. The molecule has 2 rings (SSSR count). The molecule has 0 atom stereocenters. The predicted octanol–water partition coefficient (Wildman–Crippen LogP) is 4.58. The highest BCUT2D eigenvalue weighted by molar-refractivity contribution is 14.0. The monoisotopic (exact) mass is 469 g/mol. The summed E-state index contributed by atoms with van der Waals surface area (Å²) in [6.07, 6.45) is -4.73. The zero-order valence-corrected chi connectivity index (χ0v) is 15.4. The number of aryl methyl sites for hydroxylation is 1. The summed E-state index contributed by atoms with van der Waals surface area (Å²) in [6, 6.07) is 9.69. The highest BCUT2D eigenvalue weighted by Crippen LogP contribution is 2.23. The Morgan fingerprint density at radius 2 is 1.80 bits per heavy atom. The van der Waals surface area contributed by atoms with Crippen LogP contribution in [0.5, 0.6) is 5.75 Å². The summed E-state index contributed by atoms with van der Waals surface area (Å²) < 4.78 is 53.1. The van der Waals surface area contributed by atoms with E-state index in [1.54, 1.807) is 19.1 Å². The van der Waals surface area contributed by atoms with Crippen molar-refractivity contribution in [2.45, 2.75) is 19.8 Å². The molecule has 0 aliphatic heterocycles. The van der Waals surface area contributed by atoms with Gasteiger partial charge in [0.2, 0.25) is 0 Å². The molecule has 0 unspecified atom stereocenters. The van der Waals surface area contributed by atoms with Gasteiger partial charge in [0.05, 0.1) is 6.54 Å². The van der Waals surface area contributed by atoms with Crippen LogP contribution in [0.3, 0.4) is 0 Å². The summed E-state index contributed by atoms with van der Waals surface area (Å²) >= 11 is 0. The summed E-state index contributed by atoms with van der Waals surface area (Å²) in [5, 5.41) is 2.75. The molecule has 2 aromatic carbocycles. The lowest BCUT2D eigenvalue weighted by Crippen LogP contribution is -2.22. The summed E-state index contributed by atoms with van der Waals surface area (Å²) in [4.78, 5) is 4.09. The molecule has 0 amide bonds. The lowest BCUT2D eigenvalue weighted by molar-refractivity contribution is -0.274. The van der Waals surface area contributed by atoms with Crippen molar-refractivity contribution in [2.24, 2.45) is 10.7 Å². The second-order valence-electron chi connectivity index (χ2n) is 4.98. The molecule has 0 fully saturated rings. The van der Waals surface area contributed by atoms with Crippen molar-refractivity contribution in [3.05, 3.63) is 59.4 Å². The van der Waals surface area contributed by atoms with Gasteiger partial charge in [0.1, 0.15) is 11.6 Å². The Hall–Kier alpha value is -2.04. The van der Waals surface area contributed by atoms with Crippen LogP contribution in [0.1, 0.15) is 11.1 Å². The molecule has 0 aliphatic carbocycles. The fourth-order valence-electron chi connectivity index (χ4n) is 1.91. The van der Waals surface area contributed by atoms with Crippen molar-refractivity contribution in [1.29, 1.82) is 0 Å². The standard InChI is InChI=1S/C16H15F4N3O.HI/c1-10-8-11(2-7-14(10)17)9-22-15(21)23-12-3-5-13(6-4-12)24-16(18,19)20;/h2-8H,9H2,1H3,(H3,21,22,23);1H. The number of halogens is 5. The van der Waals surface area contributed by atoms with Gasteiger partial charge in [-0.05, 0) is 48.4 Å². The van der Waals surface area contributed by atoms with Crippen LogP contribution in [-0.4, -0.2) is 12.3 Å². The first-order valence-corrected chi connectivity index (χ1v) is 6.91. The summed E-state index contributed by atoms with van der Waals surface area (Å²) in [6.45, 7) is 1.89. The lowest BCUT2D eigenvalue weighted by atomic mass is 10.1. The smallest absolute Gasteiger partial charge is 0.406 e. The Morgan fingerprint density at radius 1 is 1.16 bits per heavy atom. The highest BCUT2D eigenvalue weighted by Gasteiger charge is 2.30. The number of aliphatic imine (C=N–C) groups is 1. The molecule has 3 N–H and O–H groups in total. The second kappa shape index (κ2) is 8.88. The average molecular weight is 469 g/mol. The molecule has 0 bridgehead atoms. The van der Waals surface area contributed by atoms with Gasteiger partial charge in [0.25, 0.3) is 0 Å². The third kappa shape index (κ3) is 7.16. The van der Waals surface area contributed by atoms with E-state index in [4.69, 9.17) is 5.73 Å². The quantitative estimate of drug-likeness (QED) is 0.299. The number of hydrogen-bond donors (Lipinski definition) is 2. The van der Waals surface area contributed by atoms with Crippen LogP contribution in [0, 0.1) is 12.7 Å². The number of nitrogens with one attached hydrogen (secondary N) is 1. The van der Waals surface area contributed by atoms with Crippen molar-refractivity contribution in [3.8, 4) is 5.75 Å². The van der Waals surface area contributed by atoms with Crippen LogP contribution >= 0.6 is 24.0 Å². The van der Waals surface area contributed by atoms with Crippen molar-refractivity contribution in [2.75, 3.05) is 5.32 Å². The Labute approximate surface area is 159 Å². The van der Waals surface area contributed by atoms with Crippen LogP contribution in [0.25, 0.3) is 0 Å². The fraction of sp³-hybridized carbons (Fsp3) is 0.188. The van der Waals surface area contributed by atoms with Crippen molar-refractivity contribution >= 4 is 35.6 Å². The first-order chi connectivity index (χ1) is 11.2. The van der Waals surface area contributed by atoms with E-state index in [2.05, 4.69) is 15.0 Å². The molecule has 0 spiro atoms. The maximum atomic E-state index is 13.2. The Kier molecular flexibility index (Phi) is 7.46. The van der Waals surface area contributed by atoms with Gasteiger partial charge in [0.15, 0.2) is 5.96 Å². The molecule has 0 radical (unpaired) electrons. The lowest BCUT2D eigenvalue weighted by Gasteiger charge is -2.10. The van der Waals surface area contributed by atoms with Crippen LogP contribution in [0.2, 0.25) is 0 Å². The molecule has 4 nitrogen and oxygen atoms in total. The molecule has 0 saturated heterocycles. The molecule has 0 aromatic heterocycles. The number of nitrogens with two attached hydrogens (primary N) is 1. The molecule has 2 aromatic rings. The number of hydrogen-bond acceptors (Lipinski definition) is 2. The maximum absolute atomic E-state index is 13.2. The highest BCUT2D eigenvalue weighted by atomic mass is 127. The maximum Gasteiger partial charge on any atom is 0.573 e. The number of anilines is 1. The second-order valence-corrected chi connectivity index (χ2v) is 4.98. The first-order valence-electron chi connectivity index (χ1n) is 6.91. The largest absolute Gasteiger partial charge is 0.573 e. The number of rotatable bonds is 4. The average Bonchev–Trinajstić information content (AvgIpc) is 2.49. The van der Waals surface area contributed by atoms with E-state index < -0.39 is 6.36 Å². The third-order valence-electron chi connectivity index (χ3n) is 3.01. The van der Waals surface area contributed by atoms with Crippen molar-refractivity contribution in [3.63, 3.8) is 0 Å². The molecule has 9 heteroatoms. The molecular formula is C16H16F4IN3O. The van der Waals surface area contributed by atoms with E-state index in [9.17, 15) is 17.6 Å². The van der Waals surface area contributed by atoms with Gasteiger partial charge in [-0.25, -0.2) is 9.38 Å². The van der Waals surface area contributed by atoms with Crippen LogP contribution in [0.15, 0.2) is 47.5 Å². The minimum atomic E-state index is -4.73. The van der Waals surface area contributed by atoms with Gasteiger partial charge in [-0.2, -0.15) is 0 Å². The normalized spacial score (nSPS) is 11.6. The predicted molar refractivity (Wildman–Crippen MR) is 98.6 cm³/mol. The van der Waals surface area contributed by atoms with Gasteiger partial charge in [0, 0.05) is 5.69 Å². The number of ether oxygens (including phenoxy) is 1. The van der Waals surface area contributed by atoms with E-state index in [1.807, 2.05) is 0 Å². The molecule has 0 saturated carbocycles. The molecule has 136 valence electrons. The molecule has 25 heavy (non-hydrogen) atoms. The van der Waals surface area contributed by atoms with E-state index in [0.29, 0.717) is 11.3 Å². The van der Waals surface area contributed by atoms with Crippen LogP contribution < -0.4 is 15.8 Å². The SMILES string of the molecule is Cc1cc(CN=C(N)Nc2ccc(OC(F)(F)F)cc2)ccc1F.I. The van der Waals surface area contributed by atoms with Gasteiger partial charge in [-0.1, -0.05) is 12.1 Å². The molecule has 0 aliphatic rings. The minimum absolute atomic E-state index is 0. The van der Waals surface area contributed by atoms with E-state index >= 15 is 0 Å². The summed E-state index contributed by atoms with van der Waals surface area (Å²) in [5.41, 5.74) is 7.47. The Bertz CT molecular complexity index is 733. The number of nitrogens with zero attached hydrogens (tertiary/aromatic N) is 1. The van der Waals surface area contributed by atoms with Crippen molar-refractivity contribution < 1.29 is 22.3 Å². The topological polar surface area (TPSA) is 59.6 Å². The number of benzene rings is 2. The minimum Gasteiger partial charge on any atom is -0.406 e. The van der Waals surface area contributed by atoms with Gasteiger partial charge >= 0.3 is 6.36 Å². The van der Waals surface area contributed by atoms with E-state index in [0.717, 1.165) is 17.7 Å². The number of alkyl halides is 3. The number of guanidine groups is 1. The van der Waals surface area contributed by atoms with E-state index in [-0.39, 0.29) is 48.0 Å². The molecule has 0 heterocycles. The summed E-state index contributed by atoms with van der Waals surface area (Å²) in [7, 11) is 0. The fourth-order valence-corrected chi connectivity index (χ4v) is 1.91. The zero-order valence-electron chi connectivity index (χ0n) is 13.1. The van der Waals surface area contributed by atoms with Gasteiger partial charge in [-0.3, -0.25) is 0 Å². The Morgan fingerprint density at radius 3 is 2.36 bits per heavy atom. The summed E-state index contributed by atoms with van der Waals surface area (Å²) in [5.74, 6) is -0.540. The Balaban J connectivity index is 0.00000312. The van der Waals surface area contributed by atoms with Crippen LogP contribution in [-0.2, 0) is 6.54 Å². The van der Waals surface area contributed by atoms with E-state index in [1.165, 1.54) is 18.2 Å². The van der Waals surface area contributed by atoms with Gasteiger partial charge in [-0.15, -0.1) is 37.1 Å². The van der Waals surface area contributed by atoms with Crippen LogP contribution in [0.4, 0.5) is 23.2 Å². The van der Waals surface area contributed by atoms with Gasteiger partial charge < -0.3 is 15.8 Å². The molecular weight excluding hydrogens is 453 g/mol.